The maximum absolute atomic E-state index is 11.4. The molecule has 1 aliphatic heterocycles. The van der Waals surface area contributed by atoms with Crippen molar-refractivity contribution in [1.82, 2.24) is 19.0 Å². The van der Waals surface area contributed by atoms with E-state index in [4.69, 9.17) is 50.4 Å². The summed E-state index contributed by atoms with van der Waals surface area (Å²) >= 11 is 20.1. The Morgan fingerprint density at radius 3 is 1.42 bits per heavy atom. The lowest BCUT2D eigenvalue weighted by atomic mass is 10.0. The number of carbonyl (C=O) groups excluding carboxylic acids is 1. The number of halogens is 6. The number of nitrogens with one attached hydrogen (secondary N) is 1. The van der Waals surface area contributed by atoms with Gasteiger partial charge in [-0.05, 0) is 261 Å². The Bertz CT molecular complexity index is 5420. The zero-order valence-corrected chi connectivity index (χ0v) is 72.8. The Morgan fingerprint density at radius 1 is 0.496 bits per heavy atom. The molecule has 0 spiro atoms. The normalized spacial score (nSPS) is 11.8. The zero-order valence-electron chi connectivity index (χ0n) is 69.2. The summed E-state index contributed by atoms with van der Waals surface area (Å²) < 4.78 is 37.1. The molecule has 6 N–H and O–H groups in total. The van der Waals surface area contributed by atoms with Crippen molar-refractivity contribution in [3.8, 4) is 62.5 Å². The number of hydrogen-bond donors (Lipinski definition) is 4. The van der Waals surface area contributed by atoms with E-state index in [-0.39, 0.29) is 41.9 Å². The Hall–Kier alpha value is -9.80. The first-order valence-electron chi connectivity index (χ1n) is 39.7. The number of aromatic amines is 1. The number of aryl methyl sites for hydroxylation is 9. The van der Waals surface area contributed by atoms with Gasteiger partial charge in [0.15, 0.2) is 5.78 Å². The number of phenolic OH excluding ortho intramolecular Hbond substituents is 2. The largest absolute Gasteiger partial charge is 1.00 e. The van der Waals surface area contributed by atoms with Crippen LogP contribution < -0.4 is 32.4 Å². The van der Waals surface area contributed by atoms with Crippen molar-refractivity contribution in [2.24, 2.45) is 0 Å². The summed E-state index contributed by atoms with van der Waals surface area (Å²) in [6, 6.07) is 83.6. The molecule has 616 valence electrons. The fraction of sp³-hybridized carbons (Fsp3) is 0.270. The molecule has 4 heterocycles. The third-order valence-corrected chi connectivity index (χ3v) is 20.9. The molecular formula is C100H113BrCl4FN5O6. The number of fused-ring (bicyclic) bond motifs is 3. The minimum absolute atomic E-state index is 0. The number of phenols is 2. The second-order valence-corrected chi connectivity index (χ2v) is 31.4. The molecule has 11 aromatic carbocycles. The van der Waals surface area contributed by atoms with Gasteiger partial charge in [0, 0.05) is 75.0 Å². The summed E-state index contributed by atoms with van der Waals surface area (Å²) in [5.41, 5.74) is 31.0. The van der Waals surface area contributed by atoms with Crippen molar-refractivity contribution in [3.05, 3.63) is 321 Å². The van der Waals surface area contributed by atoms with Crippen LogP contribution in [-0.4, -0.2) is 98.2 Å². The van der Waals surface area contributed by atoms with Crippen LogP contribution in [-0.2, 0) is 19.0 Å². The van der Waals surface area contributed by atoms with Crippen molar-refractivity contribution >= 4 is 94.9 Å². The van der Waals surface area contributed by atoms with E-state index in [0.717, 1.165) is 86.0 Å². The van der Waals surface area contributed by atoms with E-state index in [1.165, 1.54) is 121 Å². The predicted octanol–water partition coefficient (Wildman–Crippen LogP) is 22.7. The lowest BCUT2D eigenvalue weighted by Crippen LogP contribution is -3.00. The quantitative estimate of drug-likeness (QED) is 0.0440. The smallest absolute Gasteiger partial charge is 0.176 e. The van der Waals surface area contributed by atoms with Crippen LogP contribution in [0.4, 0.5) is 10.1 Å². The zero-order chi connectivity index (χ0) is 83.2. The van der Waals surface area contributed by atoms with Gasteiger partial charge in [-0.1, -0.05) is 191 Å². The molecule has 0 bridgehead atoms. The third kappa shape index (κ3) is 27.4. The highest BCUT2D eigenvalue weighted by molar-refractivity contribution is 9.10. The molecule has 0 radical (unpaired) electrons. The van der Waals surface area contributed by atoms with Gasteiger partial charge in [-0.15, -0.1) is 34.8 Å². The second kappa shape index (κ2) is 47.6. The van der Waals surface area contributed by atoms with E-state index in [9.17, 15) is 19.4 Å². The van der Waals surface area contributed by atoms with Crippen molar-refractivity contribution in [1.29, 1.82) is 0 Å². The first kappa shape index (κ1) is 92.7. The number of piperidine rings is 1. The summed E-state index contributed by atoms with van der Waals surface area (Å²) in [7, 11) is -1.00. The van der Waals surface area contributed by atoms with E-state index in [1.807, 2.05) is 123 Å². The van der Waals surface area contributed by atoms with Crippen molar-refractivity contribution in [2.75, 3.05) is 58.4 Å². The fourth-order valence-corrected chi connectivity index (χ4v) is 14.6. The average Bonchev–Trinajstić information content (AvgIpc) is 1.61. The number of Topliss-reactive ketones (excluding diaryl/α,β-unsaturated/α-hetero) is 1. The van der Waals surface area contributed by atoms with Gasteiger partial charge in [0.05, 0.1) is 36.5 Å². The number of aromatic nitrogens is 3. The summed E-state index contributed by atoms with van der Waals surface area (Å²) in [6.45, 7) is 27.6. The Kier molecular flexibility index (Phi) is 37.7. The van der Waals surface area contributed by atoms with Gasteiger partial charge < -0.3 is 56.7 Å². The molecule has 11 nitrogen and oxygen atoms in total. The molecule has 15 rings (SSSR count). The molecule has 17 heteroatoms. The first-order chi connectivity index (χ1) is 56.0. The minimum atomic E-state index is -1.00. The number of likely N-dealkylation sites (tertiary alicyclic amines) is 1. The number of ketones is 1. The van der Waals surface area contributed by atoms with Crippen molar-refractivity contribution < 1.29 is 53.1 Å². The summed E-state index contributed by atoms with van der Waals surface area (Å²) in [6.07, 6.45) is 3.95. The molecule has 3 aromatic heterocycles. The lowest BCUT2D eigenvalue weighted by molar-refractivity contribution is -0.254. The van der Waals surface area contributed by atoms with Gasteiger partial charge in [-0.2, -0.15) is 0 Å². The minimum Gasteiger partial charge on any atom is -1.00 e. The second-order valence-electron chi connectivity index (χ2n) is 29.0. The molecule has 1 fully saturated rings. The predicted molar refractivity (Wildman–Crippen MR) is 492 cm³/mol. The number of quaternary nitrogens is 1. The number of alkyl halides is 5. The van der Waals surface area contributed by atoms with Crippen molar-refractivity contribution in [3.63, 3.8) is 0 Å². The fourth-order valence-electron chi connectivity index (χ4n) is 14.0. The third-order valence-electron chi connectivity index (χ3n) is 19.9. The van der Waals surface area contributed by atoms with E-state index in [2.05, 4.69) is 217 Å². The number of benzene rings is 11. The number of aromatic hydroxyl groups is 2. The molecule has 1 saturated heterocycles. The highest BCUT2D eigenvalue weighted by Crippen LogP contribution is 2.39. The van der Waals surface area contributed by atoms with Crippen LogP contribution in [0.15, 0.2) is 249 Å². The number of ether oxygens (including phenoxy) is 3. The first-order valence-corrected chi connectivity index (χ1v) is 41.5. The Labute approximate surface area is 723 Å². The maximum atomic E-state index is 11.4. The van der Waals surface area contributed by atoms with Gasteiger partial charge in [-0.25, -0.2) is 0 Å². The van der Waals surface area contributed by atoms with E-state index in [1.54, 1.807) is 18.2 Å². The summed E-state index contributed by atoms with van der Waals surface area (Å²) in [4.78, 5) is 17.4. The number of hydrogen-bond acceptors (Lipinski definition) is 7. The van der Waals surface area contributed by atoms with Crippen LogP contribution in [0.25, 0.3) is 66.5 Å². The van der Waals surface area contributed by atoms with Crippen LogP contribution in [0.5, 0.6) is 28.7 Å². The number of H-pyrrole nitrogens is 1. The van der Waals surface area contributed by atoms with Gasteiger partial charge >= 0.3 is 0 Å². The topological polar surface area (TPSA) is 142 Å². The van der Waals surface area contributed by atoms with E-state index in [0.29, 0.717) is 44.0 Å². The Balaban J connectivity index is 0.000000206. The SMILES string of the molecule is C.Cc1c(-c2cccc(O)c2)n(Cc2ccc(OCCN3CCCCC3)cc2)c2ccc(O)cc12.Cc1ccc([NH3+])cc1.Cc1cccc(-c2[nH]c3ccc(C)cc3c2C)c1.Cc1cccc(-c2c(C)c3cc(C)ccc3n2Cc2ccc(OCCCl)cc2)c1.Cc1cccc(C(=O)C(C)Br)c1.ClCCOc1ccc(CCl)cc1.[2H]CF.[Cl-]. The summed E-state index contributed by atoms with van der Waals surface area (Å²) in [5, 5.41) is 23.8. The molecule has 0 aliphatic carbocycles. The van der Waals surface area contributed by atoms with Crippen LogP contribution in [0.1, 0.15) is 112 Å². The standard InChI is InChI=1S/C29H32N2O3.C26H26ClNO.C17H17N.C10H11BrO.C9H10Cl2O.C7H9N.CH3F.CH4.ClH/c1-21-27-19-25(33)10-13-28(27)31(29(21)23-6-5-7-24(32)18-23)20-22-8-11-26(12-9-22)34-17-16-30-14-3-2-4-15-30;1-18-5-4-6-22(15-18)26-20(3)24-16-19(2)7-12-25(24)28(26)17-21-8-10-23(11-9-21)29-14-13-27;1-11-5-4-6-14(9-11)17-13(3)15-10-12(2)7-8-16(15)18-17;1-7-4-3-5-9(6-7)10(12)8(2)11;10-5-6-12-9-3-1-8(7-11)2-4-9;1-6-2-4-7(8)5-3-6;1-2;;/h5-13,18-19,32-33H,2-4,14-17,20H2,1H3;4-12,15-16H,13-14,17H2,1-3H3;4-10,18H,1-3H3;3-6,8H,1-2H3;1-4H,5-7H2;2-5H,8H2,1H3;1H3;1H4;1H/i;;;;;;1D;;. The van der Waals surface area contributed by atoms with Crippen LogP contribution in [0.3, 0.4) is 0 Å². The van der Waals surface area contributed by atoms with E-state index >= 15 is 0 Å². The monoisotopic (exact) mass is 1720 g/mol. The maximum Gasteiger partial charge on any atom is 0.176 e. The highest BCUT2D eigenvalue weighted by Gasteiger charge is 2.20. The molecule has 117 heavy (non-hydrogen) atoms. The van der Waals surface area contributed by atoms with Crippen molar-refractivity contribution in [2.45, 2.75) is 120 Å². The number of nitrogens with zero attached hydrogens (tertiary/aromatic N) is 3. The van der Waals surface area contributed by atoms with Crippen LogP contribution >= 0.6 is 50.7 Å². The Morgan fingerprint density at radius 2 is 0.923 bits per heavy atom. The molecule has 1 unspecified atom stereocenters. The van der Waals surface area contributed by atoms with Gasteiger partial charge in [-0.3, -0.25) is 14.1 Å². The number of carbonyl (C=O) groups is 1. The molecule has 0 saturated carbocycles. The molecular weight excluding hydrogens is 1610 g/mol. The number of rotatable bonds is 20. The molecule has 14 aromatic rings. The summed E-state index contributed by atoms with van der Waals surface area (Å²) in [5.74, 6) is 4.76. The molecule has 0 amide bonds. The van der Waals surface area contributed by atoms with Crippen LogP contribution in [0, 0.1) is 62.3 Å². The lowest BCUT2D eigenvalue weighted by Gasteiger charge is -2.26. The molecule has 1 aliphatic rings. The van der Waals surface area contributed by atoms with E-state index < -0.39 is 7.15 Å². The average molecular weight is 1720 g/mol. The van der Waals surface area contributed by atoms with Gasteiger partial charge in [0.1, 0.15) is 54.3 Å². The van der Waals surface area contributed by atoms with Gasteiger partial charge in [0.2, 0.25) is 0 Å². The highest BCUT2D eigenvalue weighted by atomic mass is 79.9. The molecule has 1 atom stereocenters. The van der Waals surface area contributed by atoms with Crippen LogP contribution in [0.2, 0.25) is 0 Å². The van der Waals surface area contributed by atoms with Gasteiger partial charge in [0.25, 0.3) is 0 Å².